The molecule has 0 heterocycles. The van der Waals surface area contributed by atoms with Gasteiger partial charge in [-0.05, 0) is 67.1 Å². The van der Waals surface area contributed by atoms with Gasteiger partial charge in [-0.1, -0.05) is 35.9 Å². The topological polar surface area (TPSA) is 12.0 Å². The Morgan fingerprint density at radius 1 is 1.14 bits per heavy atom. The van der Waals surface area contributed by atoms with Crippen LogP contribution in [0.3, 0.4) is 0 Å². The molecule has 1 nitrogen and oxygen atoms in total. The van der Waals surface area contributed by atoms with Gasteiger partial charge < -0.3 is 5.32 Å². The van der Waals surface area contributed by atoms with Crippen LogP contribution in [0, 0.1) is 5.82 Å². The first-order valence-corrected chi connectivity index (χ1v) is 7.78. The molecule has 2 aromatic rings. The molecule has 0 radical (unpaired) electrons. The van der Waals surface area contributed by atoms with Gasteiger partial charge in [-0.15, -0.1) is 0 Å². The molecular weight excluding hydrogens is 285 g/mol. The van der Waals surface area contributed by atoms with Crippen LogP contribution in [0.5, 0.6) is 0 Å². The first kappa shape index (κ1) is 14.6. The number of halogens is 2. The summed E-state index contributed by atoms with van der Waals surface area (Å²) >= 11 is 5.74. The Labute approximate surface area is 130 Å². The third-order valence-corrected chi connectivity index (χ3v) is 4.60. The van der Waals surface area contributed by atoms with Gasteiger partial charge in [0.1, 0.15) is 5.82 Å². The highest BCUT2D eigenvalue weighted by Gasteiger charge is 2.16. The van der Waals surface area contributed by atoms with Crippen molar-refractivity contribution in [3.8, 4) is 0 Å². The fraction of sp³-hybridized carbons (Fsp3) is 0.333. The molecule has 0 fully saturated rings. The van der Waals surface area contributed by atoms with Crippen molar-refractivity contribution in [3.05, 3.63) is 69.5 Å². The first-order chi connectivity index (χ1) is 10.2. The van der Waals surface area contributed by atoms with E-state index in [9.17, 15) is 4.39 Å². The Hall–Kier alpha value is -1.38. The summed E-state index contributed by atoms with van der Waals surface area (Å²) in [6.45, 7) is 0. The average Bonchev–Trinajstić information content (AvgIpc) is 2.95. The second kappa shape index (κ2) is 6.17. The zero-order chi connectivity index (χ0) is 14.8. The van der Waals surface area contributed by atoms with Gasteiger partial charge in [0.2, 0.25) is 0 Å². The highest BCUT2D eigenvalue weighted by Crippen LogP contribution is 2.27. The van der Waals surface area contributed by atoms with Gasteiger partial charge in [-0.3, -0.25) is 0 Å². The molecule has 0 saturated heterocycles. The molecule has 0 spiro atoms. The number of hydrogen-bond acceptors (Lipinski definition) is 1. The van der Waals surface area contributed by atoms with Gasteiger partial charge in [0.25, 0.3) is 0 Å². The summed E-state index contributed by atoms with van der Waals surface area (Å²) in [6, 6.07) is 12.0. The summed E-state index contributed by atoms with van der Waals surface area (Å²) in [5, 5.41) is 3.51. The van der Waals surface area contributed by atoms with E-state index >= 15 is 0 Å². The Balaban J connectivity index is 1.83. The fourth-order valence-electron chi connectivity index (χ4n) is 3.10. The Bertz CT molecular complexity index is 654. The van der Waals surface area contributed by atoms with Crippen LogP contribution in [-0.4, -0.2) is 7.05 Å². The predicted molar refractivity (Wildman–Crippen MR) is 85.4 cm³/mol. The van der Waals surface area contributed by atoms with Gasteiger partial charge >= 0.3 is 0 Å². The van der Waals surface area contributed by atoms with Crippen LogP contribution in [0.25, 0.3) is 0 Å². The van der Waals surface area contributed by atoms with Crippen LogP contribution in [0.15, 0.2) is 36.4 Å². The lowest BCUT2D eigenvalue weighted by atomic mass is 9.96. The van der Waals surface area contributed by atoms with Crippen LogP contribution in [0.1, 0.15) is 34.7 Å². The molecule has 3 heteroatoms. The molecule has 0 aliphatic heterocycles. The van der Waals surface area contributed by atoms with Gasteiger partial charge in [-0.2, -0.15) is 0 Å². The summed E-state index contributed by atoms with van der Waals surface area (Å²) in [6.07, 6.45) is 4.38. The predicted octanol–water partition coefficient (Wildman–Crippen LogP) is 4.47. The highest BCUT2D eigenvalue weighted by molar-refractivity contribution is 6.30. The minimum absolute atomic E-state index is 0.178. The second-order valence-corrected chi connectivity index (χ2v) is 6.08. The average molecular weight is 304 g/mol. The van der Waals surface area contributed by atoms with E-state index in [1.165, 1.54) is 42.0 Å². The van der Waals surface area contributed by atoms with Crippen LogP contribution in [-0.2, 0) is 19.3 Å². The number of hydrogen-bond donors (Lipinski definition) is 1. The van der Waals surface area contributed by atoms with Crippen molar-refractivity contribution in [3.63, 3.8) is 0 Å². The van der Waals surface area contributed by atoms with Gasteiger partial charge in [0, 0.05) is 6.04 Å². The Morgan fingerprint density at radius 3 is 2.71 bits per heavy atom. The molecular formula is C18H19ClFN. The molecule has 0 saturated carbocycles. The van der Waals surface area contributed by atoms with E-state index < -0.39 is 0 Å². The molecule has 1 aliphatic carbocycles. The normalized spacial score (nSPS) is 15.0. The Kier molecular flexibility index (Phi) is 4.27. The van der Waals surface area contributed by atoms with E-state index in [0.717, 1.165) is 12.0 Å². The third kappa shape index (κ3) is 3.12. The largest absolute Gasteiger partial charge is 0.313 e. The van der Waals surface area contributed by atoms with E-state index in [2.05, 4.69) is 23.5 Å². The monoisotopic (exact) mass is 303 g/mol. The minimum Gasteiger partial charge on any atom is -0.313 e. The maximum atomic E-state index is 13.6. The molecule has 0 aromatic heterocycles. The van der Waals surface area contributed by atoms with Crippen LogP contribution < -0.4 is 5.32 Å². The lowest BCUT2D eigenvalue weighted by Crippen LogP contribution is -2.19. The lowest BCUT2D eigenvalue weighted by molar-refractivity contribution is 0.584. The number of fused-ring (bicyclic) bond motifs is 1. The smallest absolute Gasteiger partial charge is 0.142 e. The number of benzene rings is 2. The minimum atomic E-state index is -0.349. The molecule has 1 atom stereocenters. The van der Waals surface area contributed by atoms with E-state index in [0.29, 0.717) is 0 Å². The number of nitrogens with one attached hydrogen (secondary N) is 1. The maximum Gasteiger partial charge on any atom is 0.142 e. The van der Waals surface area contributed by atoms with E-state index in [-0.39, 0.29) is 16.9 Å². The summed E-state index contributed by atoms with van der Waals surface area (Å²) in [5.74, 6) is -0.349. The van der Waals surface area contributed by atoms with Crippen LogP contribution >= 0.6 is 11.6 Å². The maximum absolute atomic E-state index is 13.6. The quantitative estimate of drug-likeness (QED) is 0.878. The third-order valence-electron chi connectivity index (χ3n) is 4.30. The molecule has 0 amide bonds. The molecule has 110 valence electrons. The van der Waals surface area contributed by atoms with E-state index in [1.807, 2.05) is 13.1 Å². The molecule has 21 heavy (non-hydrogen) atoms. The molecule has 3 rings (SSSR count). The van der Waals surface area contributed by atoms with Crippen LogP contribution in [0.2, 0.25) is 5.02 Å². The van der Waals surface area contributed by atoms with Crippen molar-refractivity contribution >= 4 is 11.6 Å². The zero-order valence-electron chi connectivity index (χ0n) is 12.1. The van der Waals surface area contributed by atoms with Crippen LogP contribution in [0.4, 0.5) is 4.39 Å². The number of aryl methyl sites for hydroxylation is 2. The van der Waals surface area contributed by atoms with Crippen molar-refractivity contribution in [2.24, 2.45) is 0 Å². The van der Waals surface area contributed by atoms with Crippen molar-refractivity contribution in [2.45, 2.75) is 31.7 Å². The number of likely N-dealkylation sites (N-methyl/N-ethyl adjacent to an activating group) is 1. The van der Waals surface area contributed by atoms with Crippen molar-refractivity contribution in [1.82, 2.24) is 5.32 Å². The summed E-state index contributed by atoms with van der Waals surface area (Å²) in [4.78, 5) is 0. The van der Waals surface area contributed by atoms with E-state index in [4.69, 9.17) is 11.6 Å². The van der Waals surface area contributed by atoms with E-state index in [1.54, 1.807) is 6.07 Å². The molecule has 1 unspecified atom stereocenters. The van der Waals surface area contributed by atoms with Crippen molar-refractivity contribution < 1.29 is 4.39 Å². The number of rotatable bonds is 4. The van der Waals surface area contributed by atoms with Gasteiger partial charge in [0.05, 0.1) is 5.02 Å². The lowest BCUT2D eigenvalue weighted by Gasteiger charge is -2.18. The molecule has 1 N–H and O–H groups in total. The Morgan fingerprint density at radius 2 is 1.95 bits per heavy atom. The molecule has 2 aromatic carbocycles. The standard InChI is InChI=1S/C18H19ClFN/c1-21-18(10-12-5-8-16(19)17(20)9-12)15-7-6-13-3-2-4-14(13)11-15/h5-9,11,18,21H,2-4,10H2,1H3. The SMILES string of the molecule is CNC(Cc1ccc(Cl)c(F)c1)c1ccc2c(c1)CCC2. The molecule has 0 bridgehead atoms. The fourth-order valence-corrected chi connectivity index (χ4v) is 3.21. The first-order valence-electron chi connectivity index (χ1n) is 7.40. The zero-order valence-corrected chi connectivity index (χ0v) is 12.9. The second-order valence-electron chi connectivity index (χ2n) is 5.68. The van der Waals surface area contributed by atoms with Gasteiger partial charge in [0.15, 0.2) is 0 Å². The molecule has 1 aliphatic rings. The van der Waals surface area contributed by atoms with Crippen molar-refractivity contribution in [1.29, 1.82) is 0 Å². The van der Waals surface area contributed by atoms with Crippen molar-refractivity contribution in [2.75, 3.05) is 7.05 Å². The summed E-state index contributed by atoms with van der Waals surface area (Å²) in [7, 11) is 1.95. The summed E-state index contributed by atoms with van der Waals surface area (Å²) in [5.41, 5.74) is 5.17. The summed E-state index contributed by atoms with van der Waals surface area (Å²) < 4.78 is 13.6. The highest BCUT2D eigenvalue weighted by atomic mass is 35.5. The van der Waals surface area contributed by atoms with Gasteiger partial charge in [-0.25, -0.2) is 4.39 Å².